The van der Waals surface area contributed by atoms with E-state index in [1.165, 1.54) is 39.7 Å². The molecule has 4 atom stereocenters. The molecular weight excluding hydrogens is 723 g/mol. The standard InChI is InChI=1S/C40H49N7O7S/c1-5-27(4)38(47-25-37(49)46(40(47)51)23-32-15-13-30-20-31(41)14-18-34(30)43-32)39(50)44-35(19-28-9-7-6-8-10-28)36(48)24-45(22-26(2)3)55(53,54)33-16-11-29(12-17-33)21-42-52/h6-18,20-21,26-27,35-36,38,48,52H,5,19,22-25,41H2,1-4H3,(H,44,50)/t27-,35-,36+,38-/m0/s1. The summed E-state index contributed by atoms with van der Waals surface area (Å²) in [6.45, 7) is 6.76. The van der Waals surface area contributed by atoms with Gasteiger partial charge in [0.2, 0.25) is 15.9 Å². The van der Waals surface area contributed by atoms with Gasteiger partial charge in [0.1, 0.15) is 12.6 Å². The molecule has 5 N–H and O–H groups in total. The summed E-state index contributed by atoms with van der Waals surface area (Å²) in [5.41, 5.74) is 8.92. The van der Waals surface area contributed by atoms with Crippen LogP contribution in [0.15, 0.2) is 95.0 Å². The number of carbonyl (C=O) groups excluding carboxylic acids is 3. The Morgan fingerprint density at radius 1 is 1.02 bits per heavy atom. The van der Waals surface area contributed by atoms with Crippen LogP contribution in [0.1, 0.15) is 50.9 Å². The van der Waals surface area contributed by atoms with Crippen LogP contribution in [0.5, 0.6) is 0 Å². The number of benzene rings is 3. The summed E-state index contributed by atoms with van der Waals surface area (Å²) >= 11 is 0. The molecule has 5 rings (SSSR count). The molecule has 14 nitrogen and oxygen atoms in total. The lowest BCUT2D eigenvalue weighted by molar-refractivity contribution is -0.129. The molecule has 1 aromatic heterocycles. The second-order valence-electron chi connectivity index (χ2n) is 14.4. The van der Waals surface area contributed by atoms with Gasteiger partial charge in [-0.05, 0) is 65.8 Å². The monoisotopic (exact) mass is 771 g/mol. The van der Waals surface area contributed by atoms with Crippen LogP contribution in [0.2, 0.25) is 0 Å². The van der Waals surface area contributed by atoms with Crippen molar-refractivity contribution < 1.29 is 33.1 Å². The lowest BCUT2D eigenvalue weighted by Crippen LogP contribution is -2.57. The number of nitrogens with one attached hydrogen (secondary N) is 1. The number of carbonyl (C=O) groups is 3. The average molecular weight is 772 g/mol. The minimum Gasteiger partial charge on any atom is -0.411 e. The molecule has 0 saturated carbocycles. The normalized spacial score (nSPS) is 16.0. The summed E-state index contributed by atoms with van der Waals surface area (Å²) in [6, 6.07) is 21.1. The maximum atomic E-state index is 14.4. The number of aliphatic hydroxyl groups excluding tert-OH is 1. The molecule has 292 valence electrons. The Kier molecular flexibility index (Phi) is 13.2. The van der Waals surface area contributed by atoms with Crippen molar-refractivity contribution >= 4 is 50.7 Å². The molecule has 0 bridgehead atoms. The summed E-state index contributed by atoms with van der Waals surface area (Å²) in [5.74, 6) is -1.53. The van der Waals surface area contributed by atoms with E-state index in [1.54, 1.807) is 24.3 Å². The molecule has 4 aromatic rings. The lowest BCUT2D eigenvalue weighted by Gasteiger charge is -2.34. The number of aliphatic hydroxyl groups is 1. The molecule has 0 unspecified atom stereocenters. The van der Waals surface area contributed by atoms with Gasteiger partial charge in [0, 0.05) is 24.2 Å². The number of nitrogens with two attached hydrogens (primary N) is 1. The van der Waals surface area contributed by atoms with Crippen LogP contribution in [-0.4, -0.2) is 99.7 Å². The second-order valence-corrected chi connectivity index (χ2v) is 16.3. The van der Waals surface area contributed by atoms with Gasteiger partial charge in [-0.25, -0.2) is 13.2 Å². The zero-order valence-corrected chi connectivity index (χ0v) is 32.3. The Bertz CT molecular complexity index is 2110. The molecular formula is C40H49N7O7S. The fraction of sp³-hybridized carbons (Fsp3) is 0.375. The molecule has 0 radical (unpaired) electrons. The number of nitrogens with zero attached hydrogens (tertiary/aromatic N) is 5. The highest BCUT2D eigenvalue weighted by Crippen LogP contribution is 2.25. The molecule has 2 heterocycles. The Labute approximate surface area is 321 Å². The van der Waals surface area contributed by atoms with Crippen LogP contribution >= 0.6 is 0 Å². The van der Waals surface area contributed by atoms with Gasteiger partial charge >= 0.3 is 6.03 Å². The molecule has 55 heavy (non-hydrogen) atoms. The van der Waals surface area contributed by atoms with Crippen LogP contribution in [0.4, 0.5) is 10.5 Å². The Hall–Kier alpha value is -5.38. The van der Waals surface area contributed by atoms with E-state index in [1.807, 2.05) is 64.1 Å². The number of amides is 4. The van der Waals surface area contributed by atoms with E-state index >= 15 is 0 Å². The summed E-state index contributed by atoms with van der Waals surface area (Å²) < 4.78 is 29.1. The number of imide groups is 1. The molecule has 3 aromatic carbocycles. The fourth-order valence-electron chi connectivity index (χ4n) is 6.68. The predicted molar refractivity (Wildman–Crippen MR) is 210 cm³/mol. The number of sulfonamides is 1. The third-order valence-electron chi connectivity index (χ3n) is 9.74. The molecule has 1 saturated heterocycles. The second kappa shape index (κ2) is 17.8. The van der Waals surface area contributed by atoms with Crippen LogP contribution in [0.3, 0.4) is 0 Å². The van der Waals surface area contributed by atoms with E-state index in [0.717, 1.165) is 15.8 Å². The van der Waals surface area contributed by atoms with E-state index in [0.29, 0.717) is 28.9 Å². The van der Waals surface area contributed by atoms with Crippen molar-refractivity contribution in [2.75, 3.05) is 25.4 Å². The van der Waals surface area contributed by atoms with Gasteiger partial charge in [0.05, 0.1) is 41.0 Å². The number of hydrogen-bond donors (Lipinski definition) is 4. The lowest BCUT2D eigenvalue weighted by atomic mass is 9.95. The predicted octanol–water partition coefficient (Wildman–Crippen LogP) is 4.24. The number of rotatable bonds is 17. The first-order chi connectivity index (χ1) is 26.2. The molecule has 1 aliphatic rings. The van der Waals surface area contributed by atoms with Crippen LogP contribution < -0.4 is 11.1 Å². The number of pyridine rings is 1. The fourth-order valence-corrected chi connectivity index (χ4v) is 8.30. The molecule has 0 spiro atoms. The van der Waals surface area contributed by atoms with Crippen molar-refractivity contribution in [3.8, 4) is 0 Å². The Balaban J connectivity index is 1.39. The SMILES string of the molecule is CC[C@H](C)[C@@H](C(=O)N[C@@H](Cc1ccccc1)[C@H](O)CN(CC(C)C)S(=O)(=O)c1ccc(C=NO)cc1)N1CC(=O)N(Cc2ccc3cc(N)ccc3n2)C1=O. The first kappa shape index (κ1) is 40.8. The minimum atomic E-state index is -4.12. The van der Waals surface area contributed by atoms with Gasteiger partial charge < -0.3 is 26.3 Å². The van der Waals surface area contributed by atoms with Gasteiger partial charge in [0.15, 0.2) is 0 Å². The topological polar surface area (TPSA) is 199 Å². The maximum absolute atomic E-state index is 14.4. The zero-order chi connectivity index (χ0) is 39.9. The van der Waals surface area contributed by atoms with Crippen molar-refractivity contribution in [1.29, 1.82) is 0 Å². The molecule has 1 aliphatic heterocycles. The van der Waals surface area contributed by atoms with Gasteiger partial charge in [0.25, 0.3) is 5.91 Å². The van der Waals surface area contributed by atoms with E-state index in [4.69, 9.17) is 10.9 Å². The third-order valence-corrected chi connectivity index (χ3v) is 11.6. The van der Waals surface area contributed by atoms with E-state index in [9.17, 15) is 27.9 Å². The first-order valence-corrected chi connectivity index (χ1v) is 19.7. The number of fused-ring (bicyclic) bond motifs is 1. The van der Waals surface area contributed by atoms with Crippen LogP contribution in [0.25, 0.3) is 10.9 Å². The van der Waals surface area contributed by atoms with Crippen LogP contribution in [0, 0.1) is 11.8 Å². The smallest absolute Gasteiger partial charge is 0.328 e. The number of anilines is 1. The van der Waals surface area contributed by atoms with Gasteiger partial charge in [-0.15, -0.1) is 0 Å². The number of nitrogen functional groups attached to an aromatic ring is 1. The number of aromatic nitrogens is 1. The van der Waals surface area contributed by atoms with Gasteiger partial charge in [-0.2, -0.15) is 4.31 Å². The molecule has 1 fully saturated rings. The molecule has 15 heteroatoms. The van der Waals surface area contributed by atoms with Gasteiger partial charge in [-0.1, -0.05) is 87.8 Å². The number of urea groups is 1. The highest BCUT2D eigenvalue weighted by Gasteiger charge is 2.45. The summed E-state index contributed by atoms with van der Waals surface area (Å²) in [6.07, 6.45) is 0.459. The minimum absolute atomic E-state index is 0.0127. The number of hydrogen-bond acceptors (Lipinski definition) is 10. The maximum Gasteiger partial charge on any atom is 0.328 e. The largest absolute Gasteiger partial charge is 0.411 e. The Morgan fingerprint density at radius 2 is 1.73 bits per heavy atom. The average Bonchev–Trinajstić information content (AvgIpc) is 3.42. The number of oxime groups is 1. The summed E-state index contributed by atoms with van der Waals surface area (Å²) in [5, 5.41) is 27.5. The van der Waals surface area contributed by atoms with Crippen molar-refractivity contribution in [3.63, 3.8) is 0 Å². The Morgan fingerprint density at radius 3 is 2.38 bits per heavy atom. The van der Waals surface area contributed by atoms with E-state index < -0.39 is 46.1 Å². The summed E-state index contributed by atoms with van der Waals surface area (Å²) in [7, 11) is -4.12. The summed E-state index contributed by atoms with van der Waals surface area (Å²) in [4.78, 5) is 48.6. The van der Waals surface area contributed by atoms with Gasteiger partial charge in [-0.3, -0.25) is 19.5 Å². The zero-order valence-electron chi connectivity index (χ0n) is 31.4. The van der Waals surface area contributed by atoms with E-state index in [-0.39, 0.29) is 49.3 Å². The quantitative estimate of drug-likeness (QED) is 0.0399. The highest BCUT2D eigenvalue weighted by atomic mass is 32.2. The molecule has 0 aliphatic carbocycles. The highest BCUT2D eigenvalue weighted by molar-refractivity contribution is 7.89. The third kappa shape index (κ3) is 9.84. The first-order valence-electron chi connectivity index (χ1n) is 18.3. The van der Waals surface area contributed by atoms with Crippen molar-refractivity contribution in [1.82, 2.24) is 24.4 Å². The van der Waals surface area contributed by atoms with Crippen molar-refractivity contribution in [2.24, 2.45) is 17.0 Å². The molecule has 4 amide bonds. The van der Waals surface area contributed by atoms with Crippen molar-refractivity contribution in [3.05, 3.63) is 102 Å². The van der Waals surface area contributed by atoms with Crippen molar-refractivity contribution in [2.45, 2.75) is 70.2 Å². The van der Waals surface area contributed by atoms with Crippen LogP contribution in [-0.2, 0) is 32.6 Å². The van der Waals surface area contributed by atoms with E-state index in [2.05, 4.69) is 15.5 Å².